The lowest BCUT2D eigenvalue weighted by Crippen LogP contribution is -2.38. The molecule has 0 atom stereocenters. The second-order valence-corrected chi connectivity index (χ2v) is 6.44. The Morgan fingerprint density at radius 1 is 1.10 bits per heavy atom. The second-order valence-electron chi connectivity index (χ2n) is 5.59. The van der Waals surface area contributed by atoms with E-state index in [1.807, 2.05) is 13.8 Å². The van der Waals surface area contributed by atoms with Crippen molar-refractivity contribution in [3.63, 3.8) is 0 Å². The van der Waals surface area contributed by atoms with E-state index in [1.54, 1.807) is 18.2 Å². The number of ketones is 2. The summed E-state index contributed by atoms with van der Waals surface area (Å²) in [6, 6.07) is 4.95. The summed E-state index contributed by atoms with van der Waals surface area (Å²) < 4.78 is 0. The lowest BCUT2D eigenvalue weighted by atomic mass is 9.65. The van der Waals surface area contributed by atoms with Crippen molar-refractivity contribution in [3.8, 4) is 0 Å². The molecule has 0 aromatic heterocycles. The Kier molecular flexibility index (Phi) is 4.55. The Bertz CT molecular complexity index is 527. The highest BCUT2D eigenvalue weighted by molar-refractivity contribution is 6.35. The molecule has 108 valence electrons. The molecule has 0 bridgehead atoms. The summed E-state index contributed by atoms with van der Waals surface area (Å²) in [5.74, 6) is -0.755. The van der Waals surface area contributed by atoms with E-state index >= 15 is 0 Å². The Morgan fingerprint density at radius 3 is 2.10 bits per heavy atom. The van der Waals surface area contributed by atoms with Crippen LogP contribution in [0.4, 0.5) is 0 Å². The predicted octanol–water partition coefficient (Wildman–Crippen LogP) is 4.82. The van der Waals surface area contributed by atoms with E-state index < -0.39 is 5.92 Å². The number of halogens is 2. The molecule has 0 N–H and O–H groups in total. The summed E-state index contributed by atoms with van der Waals surface area (Å²) in [6.45, 7) is 4.08. The summed E-state index contributed by atoms with van der Waals surface area (Å²) >= 11 is 12.0. The van der Waals surface area contributed by atoms with E-state index in [9.17, 15) is 9.59 Å². The molecule has 0 spiro atoms. The summed E-state index contributed by atoms with van der Waals surface area (Å²) in [5.41, 5.74) is 0.427. The molecule has 1 aromatic rings. The van der Waals surface area contributed by atoms with Crippen molar-refractivity contribution in [1.82, 2.24) is 0 Å². The molecule has 1 aliphatic carbocycles. The first-order chi connectivity index (χ1) is 9.42. The normalized spacial score (nSPS) is 19.4. The van der Waals surface area contributed by atoms with Gasteiger partial charge < -0.3 is 0 Å². The maximum atomic E-state index is 12.5. The van der Waals surface area contributed by atoms with Gasteiger partial charge in [-0.25, -0.2) is 0 Å². The van der Waals surface area contributed by atoms with Gasteiger partial charge in [0.2, 0.25) is 0 Å². The Hall–Kier alpha value is -0.860. The van der Waals surface area contributed by atoms with Crippen LogP contribution in [0.15, 0.2) is 18.2 Å². The van der Waals surface area contributed by atoms with Crippen LogP contribution in [0, 0.1) is 5.41 Å². The van der Waals surface area contributed by atoms with Crippen molar-refractivity contribution < 1.29 is 9.59 Å². The SMILES string of the molecule is CCC1(CC)CC(=O)C(c2ccc(Cl)cc2Cl)C(=O)C1. The van der Waals surface area contributed by atoms with E-state index in [-0.39, 0.29) is 17.0 Å². The minimum absolute atomic E-state index is 0.0193. The number of carbonyl (C=O) groups is 2. The average Bonchev–Trinajstić information content (AvgIpc) is 2.40. The molecule has 0 saturated heterocycles. The molecule has 0 radical (unpaired) electrons. The molecule has 0 unspecified atom stereocenters. The maximum absolute atomic E-state index is 12.5. The molecule has 2 nitrogen and oxygen atoms in total. The highest BCUT2D eigenvalue weighted by Crippen LogP contribution is 2.44. The largest absolute Gasteiger partial charge is 0.298 e. The summed E-state index contributed by atoms with van der Waals surface area (Å²) in [7, 11) is 0. The van der Waals surface area contributed by atoms with Crippen LogP contribution in [0.5, 0.6) is 0 Å². The molecule has 0 aliphatic heterocycles. The Balaban J connectivity index is 2.35. The molecule has 20 heavy (non-hydrogen) atoms. The molecule has 1 saturated carbocycles. The fourth-order valence-corrected chi connectivity index (χ4v) is 3.54. The average molecular weight is 313 g/mol. The number of hydrogen-bond donors (Lipinski definition) is 0. The van der Waals surface area contributed by atoms with Crippen LogP contribution in [0.1, 0.15) is 51.0 Å². The van der Waals surface area contributed by atoms with Crippen LogP contribution in [-0.2, 0) is 9.59 Å². The van der Waals surface area contributed by atoms with Crippen molar-refractivity contribution in [1.29, 1.82) is 0 Å². The molecule has 4 heteroatoms. The second kappa shape index (κ2) is 5.87. The molecule has 2 rings (SSSR count). The first kappa shape index (κ1) is 15.5. The smallest absolute Gasteiger partial charge is 0.148 e. The van der Waals surface area contributed by atoms with Gasteiger partial charge >= 0.3 is 0 Å². The van der Waals surface area contributed by atoms with Crippen LogP contribution >= 0.6 is 23.2 Å². The minimum Gasteiger partial charge on any atom is -0.298 e. The fourth-order valence-electron chi connectivity index (χ4n) is 3.02. The van der Waals surface area contributed by atoms with Crippen molar-refractivity contribution in [2.75, 3.05) is 0 Å². The van der Waals surface area contributed by atoms with Crippen molar-refractivity contribution in [2.24, 2.45) is 5.41 Å². The zero-order valence-electron chi connectivity index (χ0n) is 11.7. The molecular formula is C16H18Cl2O2. The standard InChI is InChI=1S/C16H18Cl2O2/c1-3-16(4-2)8-13(19)15(14(20)9-16)11-6-5-10(17)7-12(11)18/h5-7,15H,3-4,8-9H2,1-2H3. The van der Waals surface area contributed by atoms with Gasteiger partial charge in [0.05, 0.1) is 0 Å². The van der Waals surface area contributed by atoms with Gasteiger partial charge in [0.25, 0.3) is 0 Å². The summed E-state index contributed by atoms with van der Waals surface area (Å²) in [6.07, 6.45) is 2.61. The number of rotatable bonds is 3. The topological polar surface area (TPSA) is 34.1 Å². The van der Waals surface area contributed by atoms with E-state index in [0.717, 1.165) is 12.8 Å². The quantitative estimate of drug-likeness (QED) is 0.750. The van der Waals surface area contributed by atoms with Gasteiger partial charge in [-0.2, -0.15) is 0 Å². The maximum Gasteiger partial charge on any atom is 0.148 e. The van der Waals surface area contributed by atoms with Crippen molar-refractivity contribution in [3.05, 3.63) is 33.8 Å². The molecule has 1 aromatic carbocycles. The van der Waals surface area contributed by atoms with Gasteiger partial charge in [-0.15, -0.1) is 0 Å². The fraction of sp³-hybridized carbons (Fsp3) is 0.500. The first-order valence-corrected chi connectivity index (χ1v) is 7.68. The van der Waals surface area contributed by atoms with Crippen LogP contribution in [0.3, 0.4) is 0 Å². The van der Waals surface area contributed by atoms with Gasteiger partial charge in [0, 0.05) is 22.9 Å². The van der Waals surface area contributed by atoms with E-state index in [2.05, 4.69) is 0 Å². The number of carbonyl (C=O) groups excluding carboxylic acids is 2. The summed E-state index contributed by atoms with van der Waals surface area (Å²) in [4.78, 5) is 24.9. The van der Waals surface area contributed by atoms with Gasteiger partial charge in [-0.1, -0.05) is 43.1 Å². The van der Waals surface area contributed by atoms with E-state index in [4.69, 9.17) is 23.2 Å². The lowest BCUT2D eigenvalue weighted by Gasteiger charge is -2.37. The Morgan fingerprint density at radius 2 is 1.65 bits per heavy atom. The predicted molar refractivity (Wildman–Crippen MR) is 81.5 cm³/mol. The monoisotopic (exact) mass is 312 g/mol. The van der Waals surface area contributed by atoms with Crippen LogP contribution in [0.2, 0.25) is 10.0 Å². The molecule has 1 fully saturated rings. The molecule has 1 aliphatic rings. The number of Topliss-reactive ketones (excluding diaryl/α,β-unsaturated/α-hetero) is 2. The van der Waals surface area contributed by atoms with Gasteiger partial charge in [0.15, 0.2) is 0 Å². The van der Waals surface area contributed by atoms with Crippen LogP contribution < -0.4 is 0 Å². The number of benzene rings is 1. The van der Waals surface area contributed by atoms with Gasteiger partial charge in [-0.3, -0.25) is 9.59 Å². The highest BCUT2D eigenvalue weighted by Gasteiger charge is 2.44. The Labute approximate surface area is 129 Å². The highest BCUT2D eigenvalue weighted by atomic mass is 35.5. The summed E-state index contributed by atoms with van der Waals surface area (Å²) in [5, 5.41) is 0.899. The van der Waals surface area contributed by atoms with Crippen LogP contribution in [-0.4, -0.2) is 11.6 Å². The zero-order valence-corrected chi connectivity index (χ0v) is 13.2. The lowest BCUT2D eigenvalue weighted by molar-refractivity contribution is -0.137. The van der Waals surface area contributed by atoms with E-state index in [1.165, 1.54) is 0 Å². The zero-order chi connectivity index (χ0) is 14.9. The molecular weight excluding hydrogens is 295 g/mol. The number of hydrogen-bond acceptors (Lipinski definition) is 2. The van der Waals surface area contributed by atoms with Gasteiger partial charge in [-0.05, 0) is 36.0 Å². The van der Waals surface area contributed by atoms with Gasteiger partial charge in [0.1, 0.15) is 17.5 Å². The third-order valence-electron chi connectivity index (χ3n) is 4.52. The third kappa shape index (κ3) is 2.77. The minimum atomic E-state index is -0.717. The van der Waals surface area contributed by atoms with Crippen molar-refractivity contribution >= 4 is 34.8 Å². The van der Waals surface area contributed by atoms with E-state index in [0.29, 0.717) is 28.5 Å². The first-order valence-electron chi connectivity index (χ1n) is 6.93. The molecule has 0 heterocycles. The molecule has 0 amide bonds. The van der Waals surface area contributed by atoms with Crippen LogP contribution in [0.25, 0.3) is 0 Å². The third-order valence-corrected chi connectivity index (χ3v) is 5.08. The van der Waals surface area contributed by atoms with Crippen molar-refractivity contribution in [2.45, 2.75) is 45.4 Å².